The average molecular weight is 400 g/mol. The Morgan fingerprint density at radius 2 is 1.59 bits per heavy atom. The van der Waals surface area contributed by atoms with Crippen LogP contribution in [0.5, 0.6) is 0 Å². The van der Waals surface area contributed by atoms with Gasteiger partial charge >= 0.3 is 0 Å². The molecular weight excluding hydrogens is 384 g/mol. The fourth-order valence-corrected chi connectivity index (χ4v) is 4.33. The summed E-state index contributed by atoms with van der Waals surface area (Å²) in [6.45, 7) is 1.86. The largest absolute Gasteiger partial charge is 0.279 e. The number of aryl methyl sites for hydroxylation is 1. The van der Waals surface area contributed by atoms with E-state index in [4.69, 9.17) is 0 Å². The zero-order chi connectivity index (χ0) is 19.4. The second-order valence-corrected chi connectivity index (χ2v) is 8.64. The van der Waals surface area contributed by atoms with Gasteiger partial charge < -0.3 is 0 Å². The van der Waals surface area contributed by atoms with Crippen LogP contribution in [0.25, 0.3) is 0 Å². The minimum atomic E-state index is -3.84. The number of sulfonamides is 1. The van der Waals surface area contributed by atoms with Crippen LogP contribution in [0.2, 0.25) is 0 Å². The molecule has 0 radical (unpaired) electrons. The van der Waals surface area contributed by atoms with E-state index in [0.717, 1.165) is 10.5 Å². The maximum absolute atomic E-state index is 12.6. The molecule has 0 amide bonds. The second kappa shape index (κ2) is 7.81. The number of hydrogen-bond donors (Lipinski definition) is 1. The van der Waals surface area contributed by atoms with Crippen molar-refractivity contribution in [3.8, 4) is 0 Å². The van der Waals surface area contributed by atoms with Gasteiger partial charge in [0.1, 0.15) is 0 Å². The number of nitrogens with zero attached hydrogens (tertiary/aromatic N) is 1. The normalized spacial score (nSPS) is 11.1. The molecule has 0 spiro atoms. The fraction of sp³-hybridized carbons (Fsp3) is 0.0526. The number of benzene rings is 3. The highest BCUT2D eigenvalue weighted by Gasteiger charge is 2.17. The molecule has 27 heavy (non-hydrogen) atoms. The lowest BCUT2D eigenvalue weighted by Gasteiger charge is -2.10. The SMILES string of the molecule is Cc1ccc(S(=O)(=O)Nc2cc(Sc3ccccc3)cc([N+](=O)[O-])c2)cc1. The molecule has 6 nitrogen and oxygen atoms in total. The molecule has 0 aliphatic heterocycles. The maximum Gasteiger partial charge on any atom is 0.272 e. The molecule has 138 valence electrons. The van der Waals surface area contributed by atoms with Crippen LogP contribution in [-0.2, 0) is 10.0 Å². The minimum Gasteiger partial charge on any atom is -0.279 e. The first kappa shape index (κ1) is 18.9. The highest BCUT2D eigenvalue weighted by atomic mass is 32.2. The Bertz CT molecular complexity index is 1070. The van der Waals surface area contributed by atoms with Crippen LogP contribution in [0, 0.1) is 17.0 Å². The number of nitro benzene ring substituents is 1. The van der Waals surface area contributed by atoms with Gasteiger partial charge in [0, 0.05) is 21.9 Å². The maximum atomic E-state index is 12.6. The molecule has 0 saturated carbocycles. The number of nitrogens with one attached hydrogen (secondary N) is 1. The van der Waals surface area contributed by atoms with E-state index >= 15 is 0 Å². The summed E-state index contributed by atoms with van der Waals surface area (Å²) in [6, 6.07) is 19.9. The molecule has 0 fully saturated rings. The van der Waals surface area contributed by atoms with Crippen molar-refractivity contribution in [1.82, 2.24) is 0 Å². The second-order valence-electron chi connectivity index (χ2n) is 5.81. The van der Waals surface area contributed by atoms with E-state index in [0.29, 0.717) is 4.90 Å². The number of rotatable bonds is 6. The Morgan fingerprint density at radius 1 is 0.926 bits per heavy atom. The third-order valence-electron chi connectivity index (χ3n) is 3.66. The first-order valence-electron chi connectivity index (χ1n) is 7.95. The molecule has 0 bridgehead atoms. The van der Waals surface area contributed by atoms with Gasteiger partial charge in [0.15, 0.2) is 0 Å². The van der Waals surface area contributed by atoms with Crippen LogP contribution in [0.1, 0.15) is 5.56 Å². The molecule has 3 rings (SSSR count). The molecule has 3 aromatic carbocycles. The number of nitro groups is 1. The molecule has 0 saturated heterocycles. The molecular formula is C19H16N2O4S2. The molecule has 0 aliphatic carbocycles. The van der Waals surface area contributed by atoms with Crippen molar-refractivity contribution in [3.63, 3.8) is 0 Å². The van der Waals surface area contributed by atoms with E-state index in [9.17, 15) is 18.5 Å². The lowest BCUT2D eigenvalue weighted by molar-refractivity contribution is -0.385. The summed E-state index contributed by atoms with van der Waals surface area (Å²) in [5.41, 5.74) is 0.895. The standard InChI is InChI=1S/C19H16N2O4S2/c1-14-7-9-19(10-8-14)27(24,25)20-15-11-16(21(22)23)13-18(12-15)26-17-5-3-2-4-6-17/h2-13,20H,1H3. The molecule has 0 aromatic heterocycles. The Kier molecular flexibility index (Phi) is 5.48. The molecule has 0 aliphatic rings. The Hall–Kier alpha value is -2.84. The Labute approximate surface area is 161 Å². The van der Waals surface area contributed by atoms with E-state index in [1.54, 1.807) is 18.2 Å². The van der Waals surface area contributed by atoms with Crippen LogP contribution in [0.15, 0.2) is 87.5 Å². The number of hydrogen-bond acceptors (Lipinski definition) is 5. The van der Waals surface area contributed by atoms with Gasteiger partial charge in [-0.2, -0.15) is 0 Å². The highest BCUT2D eigenvalue weighted by molar-refractivity contribution is 7.99. The van der Waals surface area contributed by atoms with Crippen molar-refractivity contribution in [2.45, 2.75) is 21.6 Å². The first-order chi connectivity index (χ1) is 12.8. The van der Waals surface area contributed by atoms with Gasteiger partial charge in [-0.05, 0) is 37.3 Å². The van der Waals surface area contributed by atoms with Crippen molar-refractivity contribution in [2.75, 3.05) is 4.72 Å². The van der Waals surface area contributed by atoms with Crippen molar-refractivity contribution in [2.24, 2.45) is 0 Å². The van der Waals surface area contributed by atoms with Gasteiger partial charge in [-0.15, -0.1) is 0 Å². The fourth-order valence-electron chi connectivity index (χ4n) is 2.36. The molecule has 0 unspecified atom stereocenters. The van der Waals surface area contributed by atoms with Gasteiger partial charge in [-0.3, -0.25) is 14.8 Å². The molecule has 0 atom stereocenters. The van der Waals surface area contributed by atoms with E-state index in [1.807, 2.05) is 37.3 Å². The van der Waals surface area contributed by atoms with Crippen LogP contribution >= 0.6 is 11.8 Å². The summed E-state index contributed by atoms with van der Waals surface area (Å²) in [6.07, 6.45) is 0. The summed E-state index contributed by atoms with van der Waals surface area (Å²) in [5, 5.41) is 11.2. The summed E-state index contributed by atoms with van der Waals surface area (Å²) in [4.78, 5) is 12.3. The quantitative estimate of drug-likeness (QED) is 0.472. The Balaban J connectivity index is 1.94. The Morgan fingerprint density at radius 3 is 2.22 bits per heavy atom. The van der Waals surface area contributed by atoms with Gasteiger partial charge in [-0.25, -0.2) is 8.42 Å². The zero-order valence-corrected chi connectivity index (χ0v) is 16.0. The predicted octanol–water partition coefficient (Wildman–Crippen LogP) is 4.86. The lowest BCUT2D eigenvalue weighted by atomic mass is 10.2. The molecule has 1 N–H and O–H groups in total. The molecule has 0 heterocycles. The van der Waals surface area contributed by atoms with Crippen LogP contribution in [-0.4, -0.2) is 13.3 Å². The topological polar surface area (TPSA) is 89.3 Å². The predicted molar refractivity (Wildman–Crippen MR) is 106 cm³/mol. The number of anilines is 1. The first-order valence-corrected chi connectivity index (χ1v) is 10.3. The van der Waals surface area contributed by atoms with Gasteiger partial charge in [0.25, 0.3) is 15.7 Å². The number of non-ortho nitro benzene ring substituents is 1. The van der Waals surface area contributed by atoms with Crippen molar-refractivity contribution >= 4 is 33.2 Å². The van der Waals surface area contributed by atoms with Gasteiger partial charge in [0.2, 0.25) is 0 Å². The summed E-state index contributed by atoms with van der Waals surface area (Å²) in [7, 11) is -3.84. The van der Waals surface area contributed by atoms with E-state index in [1.165, 1.54) is 36.0 Å². The highest BCUT2D eigenvalue weighted by Crippen LogP contribution is 2.33. The zero-order valence-electron chi connectivity index (χ0n) is 14.3. The van der Waals surface area contributed by atoms with Crippen molar-refractivity contribution in [3.05, 3.63) is 88.5 Å². The van der Waals surface area contributed by atoms with Crippen molar-refractivity contribution < 1.29 is 13.3 Å². The average Bonchev–Trinajstić information content (AvgIpc) is 2.62. The van der Waals surface area contributed by atoms with Gasteiger partial charge in [-0.1, -0.05) is 47.7 Å². The van der Waals surface area contributed by atoms with E-state index in [2.05, 4.69) is 4.72 Å². The van der Waals surface area contributed by atoms with Crippen LogP contribution in [0.3, 0.4) is 0 Å². The smallest absolute Gasteiger partial charge is 0.272 e. The molecule has 8 heteroatoms. The third kappa shape index (κ3) is 4.87. The van der Waals surface area contributed by atoms with Crippen LogP contribution in [0.4, 0.5) is 11.4 Å². The third-order valence-corrected chi connectivity index (χ3v) is 6.04. The van der Waals surface area contributed by atoms with Crippen LogP contribution < -0.4 is 4.72 Å². The lowest BCUT2D eigenvalue weighted by Crippen LogP contribution is -2.13. The monoisotopic (exact) mass is 400 g/mol. The van der Waals surface area contributed by atoms with E-state index in [-0.39, 0.29) is 16.3 Å². The summed E-state index contributed by atoms with van der Waals surface area (Å²) < 4.78 is 27.6. The van der Waals surface area contributed by atoms with Crippen molar-refractivity contribution in [1.29, 1.82) is 0 Å². The summed E-state index contributed by atoms with van der Waals surface area (Å²) >= 11 is 1.32. The summed E-state index contributed by atoms with van der Waals surface area (Å²) in [5.74, 6) is 0. The minimum absolute atomic E-state index is 0.0943. The molecule has 3 aromatic rings. The van der Waals surface area contributed by atoms with E-state index < -0.39 is 14.9 Å². The van der Waals surface area contributed by atoms with Gasteiger partial charge in [0.05, 0.1) is 15.5 Å².